The molecule has 0 aliphatic carbocycles. The lowest BCUT2D eigenvalue weighted by Gasteiger charge is -2.09. The standard InChI is InChI=1S/C11H12ClNO4/c1-2-17-6-9(14)13-8-5-3-4-7(12)10(8)11(15)16/h3-5H,2,6H2,1H3,(H,13,14)(H,15,16). The Morgan fingerprint density at radius 1 is 1.47 bits per heavy atom. The summed E-state index contributed by atoms with van der Waals surface area (Å²) >= 11 is 5.75. The molecule has 0 saturated carbocycles. The molecule has 1 amide bonds. The average Bonchev–Trinajstić information content (AvgIpc) is 2.25. The highest BCUT2D eigenvalue weighted by Gasteiger charge is 2.15. The normalized spacial score (nSPS) is 10.0. The first-order valence-electron chi connectivity index (χ1n) is 4.95. The van der Waals surface area contributed by atoms with E-state index in [4.69, 9.17) is 21.4 Å². The summed E-state index contributed by atoms with van der Waals surface area (Å²) in [7, 11) is 0. The van der Waals surface area contributed by atoms with Crippen molar-refractivity contribution in [2.24, 2.45) is 0 Å². The first kappa shape index (κ1) is 13.5. The predicted octanol–water partition coefficient (Wildman–Crippen LogP) is 2.01. The highest BCUT2D eigenvalue weighted by molar-refractivity contribution is 6.34. The molecule has 5 nitrogen and oxygen atoms in total. The van der Waals surface area contributed by atoms with Crippen molar-refractivity contribution in [2.75, 3.05) is 18.5 Å². The van der Waals surface area contributed by atoms with Crippen molar-refractivity contribution < 1.29 is 19.4 Å². The van der Waals surface area contributed by atoms with Gasteiger partial charge in [0.25, 0.3) is 0 Å². The Morgan fingerprint density at radius 3 is 2.76 bits per heavy atom. The highest BCUT2D eigenvalue weighted by atomic mass is 35.5. The van der Waals surface area contributed by atoms with E-state index in [1.807, 2.05) is 0 Å². The van der Waals surface area contributed by atoms with Crippen LogP contribution in [0.25, 0.3) is 0 Å². The van der Waals surface area contributed by atoms with Crippen LogP contribution in [0, 0.1) is 0 Å². The van der Waals surface area contributed by atoms with Gasteiger partial charge in [-0.2, -0.15) is 0 Å². The van der Waals surface area contributed by atoms with Crippen molar-refractivity contribution in [1.29, 1.82) is 0 Å². The fourth-order valence-electron chi connectivity index (χ4n) is 1.23. The minimum atomic E-state index is -1.19. The van der Waals surface area contributed by atoms with E-state index in [9.17, 15) is 9.59 Å². The van der Waals surface area contributed by atoms with Crippen LogP contribution in [0.1, 0.15) is 17.3 Å². The zero-order valence-electron chi connectivity index (χ0n) is 9.20. The van der Waals surface area contributed by atoms with Crippen molar-refractivity contribution in [3.8, 4) is 0 Å². The Labute approximate surface area is 103 Å². The molecule has 0 radical (unpaired) electrons. The molecular weight excluding hydrogens is 246 g/mol. The monoisotopic (exact) mass is 257 g/mol. The van der Waals surface area contributed by atoms with E-state index >= 15 is 0 Å². The molecule has 0 aliphatic rings. The Morgan fingerprint density at radius 2 is 2.18 bits per heavy atom. The number of rotatable bonds is 5. The number of nitrogens with one attached hydrogen (secondary N) is 1. The minimum absolute atomic E-state index is 0.0757. The third-order valence-corrected chi connectivity index (χ3v) is 2.25. The van der Waals surface area contributed by atoms with Crippen LogP contribution in [0.5, 0.6) is 0 Å². The summed E-state index contributed by atoms with van der Waals surface area (Å²) in [6, 6.07) is 4.48. The van der Waals surface area contributed by atoms with Gasteiger partial charge in [-0.15, -0.1) is 0 Å². The maximum atomic E-state index is 11.4. The molecule has 0 spiro atoms. The van der Waals surface area contributed by atoms with Crippen LogP contribution in [0.3, 0.4) is 0 Å². The van der Waals surface area contributed by atoms with E-state index in [0.29, 0.717) is 6.61 Å². The Bertz CT molecular complexity index is 433. The van der Waals surface area contributed by atoms with E-state index in [0.717, 1.165) is 0 Å². The number of anilines is 1. The second-order valence-corrected chi connectivity index (χ2v) is 3.56. The second kappa shape index (κ2) is 6.22. The van der Waals surface area contributed by atoms with Crippen LogP contribution in [-0.4, -0.2) is 30.2 Å². The number of carboxylic acids is 1. The van der Waals surface area contributed by atoms with Gasteiger partial charge in [-0.1, -0.05) is 17.7 Å². The summed E-state index contributed by atoms with van der Waals surface area (Å²) in [6.45, 7) is 2.05. The zero-order chi connectivity index (χ0) is 12.8. The topological polar surface area (TPSA) is 75.6 Å². The number of aromatic carboxylic acids is 1. The van der Waals surface area contributed by atoms with E-state index in [1.165, 1.54) is 12.1 Å². The number of benzene rings is 1. The smallest absolute Gasteiger partial charge is 0.339 e. The molecule has 0 aliphatic heterocycles. The van der Waals surface area contributed by atoms with Crippen LogP contribution < -0.4 is 5.32 Å². The van der Waals surface area contributed by atoms with Gasteiger partial charge >= 0.3 is 5.97 Å². The third kappa shape index (κ3) is 3.72. The fourth-order valence-corrected chi connectivity index (χ4v) is 1.48. The predicted molar refractivity (Wildman–Crippen MR) is 63.5 cm³/mol. The molecule has 2 N–H and O–H groups in total. The molecular formula is C11H12ClNO4. The molecule has 0 bridgehead atoms. The molecule has 1 aromatic rings. The van der Waals surface area contributed by atoms with Crippen molar-refractivity contribution in [3.05, 3.63) is 28.8 Å². The second-order valence-electron chi connectivity index (χ2n) is 3.15. The summed E-state index contributed by atoms with van der Waals surface area (Å²) in [5, 5.41) is 11.5. The molecule has 92 valence electrons. The summed E-state index contributed by atoms with van der Waals surface area (Å²) < 4.78 is 4.91. The first-order chi connectivity index (χ1) is 8.06. The van der Waals surface area contributed by atoms with Gasteiger partial charge in [-0.05, 0) is 19.1 Å². The van der Waals surface area contributed by atoms with Gasteiger partial charge in [-0.3, -0.25) is 4.79 Å². The first-order valence-corrected chi connectivity index (χ1v) is 5.33. The molecule has 1 aromatic carbocycles. The Balaban J connectivity index is 2.87. The lowest BCUT2D eigenvalue weighted by Crippen LogP contribution is -2.20. The number of carbonyl (C=O) groups is 2. The number of carbonyl (C=O) groups excluding carboxylic acids is 1. The number of halogens is 1. The molecule has 1 rings (SSSR count). The lowest BCUT2D eigenvalue weighted by atomic mass is 10.2. The molecule has 0 heterocycles. The number of hydrogen-bond donors (Lipinski definition) is 2. The van der Waals surface area contributed by atoms with E-state index in [2.05, 4.69) is 5.32 Å². The van der Waals surface area contributed by atoms with Crippen LogP contribution in [-0.2, 0) is 9.53 Å². The zero-order valence-corrected chi connectivity index (χ0v) is 9.95. The highest BCUT2D eigenvalue weighted by Crippen LogP contribution is 2.24. The number of amides is 1. The van der Waals surface area contributed by atoms with Crippen molar-refractivity contribution in [1.82, 2.24) is 0 Å². The van der Waals surface area contributed by atoms with Crippen LogP contribution in [0.4, 0.5) is 5.69 Å². The van der Waals surface area contributed by atoms with Gasteiger partial charge in [-0.25, -0.2) is 4.79 Å². The number of hydrogen-bond acceptors (Lipinski definition) is 3. The minimum Gasteiger partial charge on any atom is -0.478 e. The molecule has 0 saturated heterocycles. The van der Waals surface area contributed by atoms with Gasteiger partial charge in [0.05, 0.1) is 10.7 Å². The fraction of sp³-hybridized carbons (Fsp3) is 0.273. The van der Waals surface area contributed by atoms with Gasteiger partial charge in [0.2, 0.25) is 5.91 Å². The summed E-state index contributed by atoms with van der Waals surface area (Å²) in [5.74, 6) is -1.61. The molecule has 17 heavy (non-hydrogen) atoms. The van der Waals surface area contributed by atoms with Gasteiger partial charge in [0.1, 0.15) is 12.2 Å². The van der Waals surface area contributed by atoms with Crippen molar-refractivity contribution in [2.45, 2.75) is 6.92 Å². The molecule has 0 fully saturated rings. The molecule has 0 aromatic heterocycles. The molecule has 6 heteroatoms. The average molecular weight is 258 g/mol. The molecule has 0 atom stereocenters. The van der Waals surface area contributed by atoms with Gasteiger partial charge in [0.15, 0.2) is 0 Å². The van der Waals surface area contributed by atoms with Crippen LogP contribution >= 0.6 is 11.6 Å². The van der Waals surface area contributed by atoms with E-state index in [1.54, 1.807) is 13.0 Å². The maximum absolute atomic E-state index is 11.4. The van der Waals surface area contributed by atoms with Crippen LogP contribution in [0.15, 0.2) is 18.2 Å². The summed E-state index contributed by atoms with van der Waals surface area (Å²) in [4.78, 5) is 22.4. The van der Waals surface area contributed by atoms with Crippen LogP contribution in [0.2, 0.25) is 5.02 Å². The van der Waals surface area contributed by atoms with E-state index < -0.39 is 11.9 Å². The third-order valence-electron chi connectivity index (χ3n) is 1.94. The largest absolute Gasteiger partial charge is 0.478 e. The van der Waals surface area contributed by atoms with Crippen molar-refractivity contribution >= 4 is 29.2 Å². The number of ether oxygens (including phenoxy) is 1. The maximum Gasteiger partial charge on any atom is 0.339 e. The Kier molecular flexibility index (Phi) is 4.93. The lowest BCUT2D eigenvalue weighted by molar-refractivity contribution is -0.120. The van der Waals surface area contributed by atoms with E-state index in [-0.39, 0.29) is 22.9 Å². The quantitative estimate of drug-likeness (QED) is 0.846. The molecule has 0 unspecified atom stereocenters. The summed E-state index contributed by atoms with van der Waals surface area (Å²) in [5.41, 5.74) is 0.0359. The number of carboxylic acid groups (broad SMARTS) is 1. The SMILES string of the molecule is CCOCC(=O)Nc1cccc(Cl)c1C(=O)O. The Hall–Kier alpha value is -1.59. The van der Waals surface area contributed by atoms with Crippen molar-refractivity contribution in [3.63, 3.8) is 0 Å². The summed E-state index contributed by atoms with van der Waals surface area (Å²) in [6.07, 6.45) is 0. The van der Waals surface area contributed by atoms with Gasteiger partial charge < -0.3 is 15.2 Å². The van der Waals surface area contributed by atoms with Gasteiger partial charge in [0, 0.05) is 6.61 Å².